The first-order chi connectivity index (χ1) is 9.42. The van der Waals surface area contributed by atoms with Gasteiger partial charge in [-0.15, -0.1) is 11.3 Å². The zero-order valence-corrected chi connectivity index (χ0v) is 12.9. The van der Waals surface area contributed by atoms with Crippen molar-refractivity contribution in [1.82, 2.24) is 15.2 Å². The summed E-state index contributed by atoms with van der Waals surface area (Å²) in [6.45, 7) is 8.19. The number of hydrogen-bond donors (Lipinski definition) is 1. The molecule has 1 amide bonds. The molecule has 1 unspecified atom stereocenters. The SMILES string of the molecule is CCOC(=O)c1scnc1C1NC(C)(C)C(=O)N1CC. The Kier molecular flexibility index (Phi) is 4.10. The molecule has 2 heterocycles. The second-order valence-corrected chi connectivity index (χ2v) is 5.91. The van der Waals surface area contributed by atoms with Crippen LogP contribution in [-0.2, 0) is 9.53 Å². The van der Waals surface area contributed by atoms with Gasteiger partial charge >= 0.3 is 5.97 Å². The van der Waals surface area contributed by atoms with Gasteiger partial charge in [-0.25, -0.2) is 9.78 Å². The molecule has 0 saturated carbocycles. The molecular weight excluding hydrogens is 278 g/mol. The van der Waals surface area contributed by atoms with Crippen LogP contribution in [0.25, 0.3) is 0 Å². The van der Waals surface area contributed by atoms with E-state index in [0.29, 0.717) is 23.7 Å². The maximum absolute atomic E-state index is 12.3. The first-order valence-corrected chi connectivity index (χ1v) is 7.49. The summed E-state index contributed by atoms with van der Waals surface area (Å²) in [7, 11) is 0. The highest BCUT2D eigenvalue weighted by Crippen LogP contribution is 2.32. The molecule has 2 rings (SSSR count). The summed E-state index contributed by atoms with van der Waals surface area (Å²) >= 11 is 1.23. The van der Waals surface area contributed by atoms with Crippen molar-refractivity contribution in [3.63, 3.8) is 0 Å². The third-order valence-corrected chi connectivity index (χ3v) is 4.08. The third kappa shape index (κ3) is 2.43. The molecule has 1 fully saturated rings. The van der Waals surface area contributed by atoms with E-state index in [9.17, 15) is 9.59 Å². The van der Waals surface area contributed by atoms with Gasteiger partial charge in [-0.05, 0) is 27.7 Å². The van der Waals surface area contributed by atoms with E-state index < -0.39 is 5.54 Å². The predicted molar refractivity (Wildman–Crippen MR) is 75.4 cm³/mol. The Morgan fingerprint density at radius 1 is 1.55 bits per heavy atom. The van der Waals surface area contributed by atoms with Crippen LogP contribution in [0, 0.1) is 0 Å². The van der Waals surface area contributed by atoms with Crippen molar-refractivity contribution >= 4 is 23.2 Å². The highest BCUT2D eigenvalue weighted by Gasteiger charge is 2.46. The molecule has 1 aliphatic heterocycles. The Balaban J connectivity index is 2.35. The monoisotopic (exact) mass is 297 g/mol. The normalized spacial score (nSPS) is 21.3. The fraction of sp³-hybridized carbons (Fsp3) is 0.615. The Hall–Kier alpha value is -1.47. The lowest BCUT2D eigenvalue weighted by molar-refractivity contribution is -0.132. The van der Waals surface area contributed by atoms with Gasteiger partial charge in [0.05, 0.1) is 17.7 Å². The van der Waals surface area contributed by atoms with Gasteiger partial charge in [0.2, 0.25) is 5.91 Å². The largest absolute Gasteiger partial charge is 0.462 e. The molecule has 6 nitrogen and oxygen atoms in total. The highest BCUT2D eigenvalue weighted by atomic mass is 32.1. The Morgan fingerprint density at radius 3 is 2.85 bits per heavy atom. The second-order valence-electron chi connectivity index (χ2n) is 5.05. The lowest BCUT2D eigenvalue weighted by atomic mass is 10.1. The maximum atomic E-state index is 12.3. The predicted octanol–water partition coefficient (Wildman–Crippen LogP) is 1.55. The number of hydrogen-bond acceptors (Lipinski definition) is 6. The summed E-state index contributed by atoms with van der Waals surface area (Å²) in [5.41, 5.74) is 1.51. The molecule has 110 valence electrons. The molecule has 0 aromatic carbocycles. The van der Waals surface area contributed by atoms with Crippen LogP contribution in [0.1, 0.15) is 49.2 Å². The summed E-state index contributed by atoms with van der Waals surface area (Å²) in [4.78, 5) is 30.6. The Bertz CT molecular complexity index is 527. The number of carbonyl (C=O) groups excluding carboxylic acids is 2. The van der Waals surface area contributed by atoms with E-state index in [2.05, 4.69) is 10.3 Å². The van der Waals surface area contributed by atoms with E-state index in [4.69, 9.17) is 4.74 Å². The molecule has 1 atom stereocenters. The van der Waals surface area contributed by atoms with E-state index in [1.807, 2.05) is 20.8 Å². The van der Waals surface area contributed by atoms with Gasteiger partial charge < -0.3 is 9.64 Å². The molecule has 1 saturated heterocycles. The molecule has 0 aliphatic carbocycles. The molecule has 7 heteroatoms. The van der Waals surface area contributed by atoms with Crippen molar-refractivity contribution in [2.45, 2.75) is 39.4 Å². The summed E-state index contributed by atoms with van der Waals surface area (Å²) in [5, 5.41) is 3.23. The van der Waals surface area contributed by atoms with Crippen molar-refractivity contribution < 1.29 is 14.3 Å². The minimum absolute atomic E-state index is 0.00723. The van der Waals surface area contributed by atoms with Crippen LogP contribution in [0.3, 0.4) is 0 Å². The quantitative estimate of drug-likeness (QED) is 0.854. The standard InChI is InChI=1S/C13H19N3O3S/c1-5-16-10(15-13(3,4)12(16)18)8-9(20-7-14-8)11(17)19-6-2/h7,10,15H,5-6H2,1-4H3. The molecule has 1 aromatic rings. The molecule has 1 aliphatic rings. The fourth-order valence-corrected chi connectivity index (χ4v) is 3.01. The van der Waals surface area contributed by atoms with Crippen LogP contribution < -0.4 is 5.32 Å². The molecule has 1 aromatic heterocycles. The number of ether oxygens (including phenoxy) is 1. The van der Waals surface area contributed by atoms with E-state index in [1.165, 1.54) is 11.3 Å². The summed E-state index contributed by atoms with van der Waals surface area (Å²) in [5.74, 6) is -0.382. The van der Waals surface area contributed by atoms with Crippen LogP contribution in [0.2, 0.25) is 0 Å². The fourth-order valence-electron chi connectivity index (χ4n) is 2.30. The van der Waals surface area contributed by atoms with Gasteiger partial charge in [-0.2, -0.15) is 0 Å². The molecule has 20 heavy (non-hydrogen) atoms. The number of carbonyl (C=O) groups is 2. The van der Waals surface area contributed by atoms with Gasteiger partial charge in [-0.3, -0.25) is 10.1 Å². The van der Waals surface area contributed by atoms with E-state index in [0.717, 1.165) is 0 Å². The Morgan fingerprint density at radius 2 is 2.25 bits per heavy atom. The van der Waals surface area contributed by atoms with Gasteiger partial charge in [-0.1, -0.05) is 0 Å². The molecule has 0 bridgehead atoms. The summed E-state index contributed by atoms with van der Waals surface area (Å²) in [6.07, 6.45) is -0.381. The lowest BCUT2D eigenvalue weighted by Crippen LogP contribution is -2.40. The van der Waals surface area contributed by atoms with Crippen molar-refractivity contribution in [3.05, 3.63) is 16.1 Å². The average molecular weight is 297 g/mol. The van der Waals surface area contributed by atoms with E-state index in [1.54, 1.807) is 17.3 Å². The summed E-state index contributed by atoms with van der Waals surface area (Å²) < 4.78 is 5.03. The molecule has 0 radical (unpaired) electrons. The second kappa shape index (κ2) is 5.49. The van der Waals surface area contributed by atoms with Crippen molar-refractivity contribution in [2.24, 2.45) is 0 Å². The van der Waals surface area contributed by atoms with Crippen molar-refractivity contribution in [3.8, 4) is 0 Å². The number of amides is 1. The number of nitrogens with one attached hydrogen (secondary N) is 1. The van der Waals surface area contributed by atoms with Crippen molar-refractivity contribution in [2.75, 3.05) is 13.2 Å². The van der Waals surface area contributed by atoms with Crippen LogP contribution in [0.5, 0.6) is 0 Å². The molecular formula is C13H19N3O3S. The number of likely N-dealkylation sites (N-methyl/N-ethyl adjacent to an activating group) is 1. The minimum atomic E-state index is -0.657. The van der Waals surface area contributed by atoms with Gasteiger partial charge in [0.25, 0.3) is 0 Å². The van der Waals surface area contributed by atoms with Gasteiger partial charge in [0.1, 0.15) is 16.7 Å². The van der Waals surface area contributed by atoms with E-state index in [-0.39, 0.29) is 18.0 Å². The van der Waals surface area contributed by atoms with Gasteiger partial charge in [0.15, 0.2) is 0 Å². The summed E-state index contributed by atoms with van der Waals surface area (Å²) in [6, 6.07) is 0. The van der Waals surface area contributed by atoms with Crippen LogP contribution in [0.15, 0.2) is 5.51 Å². The number of esters is 1. The first-order valence-electron chi connectivity index (χ1n) is 6.61. The third-order valence-electron chi connectivity index (χ3n) is 3.26. The zero-order valence-electron chi connectivity index (χ0n) is 12.1. The molecule has 1 N–H and O–H groups in total. The number of thiazole rings is 1. The minimum Gasteiger partial charge on any atom is -0.462 e. The number of aromatic nitrogens is 1. The topological polar surface area (TPSA) is 71.5 Å². The van der Waals surface area contributed by atoms with Gasteiger partial charge in [0, 0.05) is 6.54 Å². The van der Waals surface area contributed by atoms with Crippen molar-refractivity contribution in [1.29, 1.82) is 0 Å². The van der Waals surface area contributed by atoms with Crippen LogP contribution >= 0.6 is 11.3 Å². The van der Waals surface area contributed by atoms with Crippen LogP contribution in [0.4, 0.5) is 0 Å². The number of rotatable bonds is 4. The van der Waals surface area contributed by atoms with E-state index >= 15 is 0 Å². The highest BCUT2D eigenvalue weighted by molar-refractivity contribution is 7.11. The van der Waals surface area contributed by atoms with Crippen LogP contribution in [-0.4, -0.2) is 40.5 Å². The maximum Gasteiger partial charge on any atom is 0.350 e. The smallest absolute Gasteiger partial charge is 0.350 e. The Labute approximate surface area is 122 Å². The lowest BCUT2D eigenvalue weighted by Gasteiger charge is -2.21. The zero-order chi connectivity index (χ0) is 14.9. The first kappa shape index (κ1) is 14.9. The molecule has 0 spiro atoms. The number of nitrogens with zero attached hydrogens (tertiary/aromatic N) is 2. The average Bonchev–Trinajstić information content (AvgIpc) is 2.94.